The molecule has 0 rings (SSSR count). The Balaban J connectivity index is -0.0000000505. The van der Waals surface area contributed by atoms with Crippen molar-refractivity contribution >= 4 is 143 Å². The molecule has 0 bridgehead atoms. The van der Waals surface area contributed by atoms with Crippen LogP contribution in [0.25, 0.3) is 0 Å². The second-order valence-corrected chi connectivity index (χ2v) is 20.2. The van der Waals surface area contributed by atoms with Crippen molar-refractivity contribution in [2.24, 2.45) is 0 Å². The van der Waals surface area contributed by atoms with Crippen LogP contribution < -0.4 is 0 Å². The molecule has 0 atom stereocenters. The SMILES string of the molecule is CCOC(=O)CC(Cl)Cl.CCOC(C)=O.CCOC(C)=O.CCOC(C)=O.CCOC(C)=O.CCOC(C)=O.CCOC(C)=O.CCOC(C)=O.CCOC(C)=O.CCOC(C)=O.CCOC(C)=O.CCOC(C)=O.CCOC(C)=O.CCOC(C)=O.CCOC(C)=O.CCOC(C)=O.CCOC(C)=O.CCOC(C)=O.CCOC(C)=O.CCOC(C)=O. The molecule has 0 N–H and O–H groups in total. The van der Waals surface area contributed by atoms with Crippen LogP contribution in [0.15, 0.2) is 0 Å². The number of alkyl halides is 2. The number of hydrogen-bond donors (Lipinski definition) is 0. The molecule has 42 heteroatoms. The molecule has 40 nitrogen and oxygen atoms in total. The second-order valence-electron chi connectivity index (χ2n) is 19.0. The minimum Gasteiger partial charge on any atom is -0.466 e. The van der Waals surface area contributed by atoms with Gasteiger partial charge in [0.25, 0.3) is 0 Å². The van der Waals surface area contributed by atoms with Gasteiger partial charge >= 0.3 is 119 Å². The van der Waals surface area contributed by atoms with E-state index in [1.807, 2.05) is 0 Å². The number of hydrogen-bond acceptors (Lipinski definition) is 40. The molecule has 0 aliphatic heterocycles. The van der Waals surface area contributed by atoms with Crippen molar-refractivity contribution in [2.75, 3.05) is 132 Å². The molecule has 123 heavy (non-hydrogen) atoms. The van der Waals surface area contributed by atoms with Crippen LogP contribution in [-0.4, -0.2) is 256 Å². The van der Waals surface area contributed by atoms with Gasteiger partial charge in [0.1, 0.15) is 4.84 Å². The zero-order valence-corrected chi connectivity index (χ0v) is 83.0. The summed E-state index contributed by atoms with van der Waals surface area (Å²) in [5.74, 6) is -4.36. The van der Waals surface area contributed by atoms with Crippen LogP contribution >= 0.6 is 23.2 Å². The number of ether oxygens (including phenoxy) is 20. The minimum atomic E-state index is -0.649. The predicted octanol–water partition coefficient (Wildman–Crippen LogP) is 12.6. The molecule has 0 saturated carbocycles. The van der Waals surface area contributed by atoms with Crippen molar-refractivity contribution in [3.8, 4) is 0 Å². The topological polar surface area (TPSA) is 526 Å². The third-order valence-electron chi connectivity index (χ3n) is 7.23. The molecule has 0 aromatic heterocycles. The van der Waals surface area contributed by atoms with Crippen LogP contribution in [0.3, 0.4) is 0 Å². The lowest BCUT2D eigenvalue weighted by molar-refractivity contribution is -0.143. The van der Waals surface area contributed by atoms with Gasteiger partial charge in [-0.15, -0.1) is 23.2 Å². The summed E-state index contributed by atoms with van der Waals surface area (Å²) in [6, 6.07) is 0. The number of esters is 20. The lowest BCUT2D eigenvalue weighted by atomic mass is 10.5. The Morgan fingerprint density at radius 1 is 0.138 bits per heavy atom. The molecule has 0 aliphatic rings. The zero-order valence-electron chi connectivity index (χ0n) is 81.5. The van der Waals surface area contributed by atoms with Gasteiger partial charge in [0.15, 0.2) is 0 Å². The van der Waals surface area contributed by atoms with E-state index in [1.165, 1.54) is 132 Å². The fraction of sp³-hybridized carbons (Fsp3) is 0.753. The number of halogens is 2. The molecule has 0 saturated heterocycles. The molecular formula is C81H160Cl2O40. The highest BCUT2D eigenvalue weighted by atomic mass is 35.5. The van der Waals surface area contributed by atoms with Crippen LogP contribution in [0.4, 0.5) is 0 Å². The Labute approximate surface area is 743 Å². The third-order valence-corrected chi connectivity index (χ3v) is 7.54. The molecule has 0 spiro atoms. The Hall–Kier alpha value is -10.0. The van der Waals surface area contributed by atoms with Crippen LogP contribution in [0.2, 0.25) is 0 Å². The molecule has 0 aromatic rings. The van der Waals surface area contributed by atoms with Gasteiger partial charge < -0.3 is 94.7 Å². The summed E-state index contributed by atoms with van der Waals surface area (Å²) >= 11 is 10.5. The Morgan fingerprint density at radius 2 is 0.195 bits per heavy atom. The Bertz CT molecular complexity index is 1810. The van der Waals surface area contributed by atoms with E-state index in [0.717, 1.165) is 0 Å². The minimum absolute atomic E-state index is 0.0664. The van der Waals surface area contributed by atoms with Gasteiger partial charge in [-0.25, -0.2) is 0 Å². The Morgan fingerprint density at radius 3 is 0.220 bits per heavy atom. The second kappa shape index (κ2) is 156. The first-order chi connectivity index (χ1) is 56.8. The highest BCUT2D eigenvalue weighted by Gasteiger charge is 2.07. The van der Waals surface area contributed by atoms with Crippen molar-refractivity contribution in [1.29, 1.82) is 0 Å². The van der Waals surface area contributed by atoms with E-state index in [4.69, 9.17) is 23.2 Å². The first kappa shape index (κ1) is 164. The predicted molar refractivity (Wildman–Crippen MR) is 461 cm³/mol. The van der Waals surface area contributed by atoms with E-state index in [9.17, 15) is 95.9 Å². The number of carbonyl (C=O) groups is 20. The van der Waals surface area contributed by atoms with Crippen LogP contribution in [0.5, 0.6) is 0 Å². The third kappa shape index (κ3) is 465. The van der Waals surface area contributed by atoms with E-state index < -0.39 is 4.84 Å². The molecule has 0 unspecified atom stereocenters. The van der Waals surface area contributed by atoms with Gasteiger partial charge in [0.05, 0.1) is 139 Å². The van der Waals surface area contributed by atoms with Gasteiger partial charge in [-0.05, 0) is 138 Å². The van der Waals surface area contributed by atoms with Crippen LogP contribution in [0.1, 0.15) is 276 Å². The standard InChI is InChI=1S/C5H8Cl2O2.19C4H8O2/c1-2-9-5(8)3-4(6)7;19*1-3-6-4(2)5/h4H,2-3H2,1H3;19*3H2,1-2H3. The molecule has 0 radical (unpaired) electrons. The van der Waals surface area contributed by atoms with Gasteiger partial charge in [0, 0.05) is 132 Å². The smallest absolute Gasteiger partial charge is 0.308 e. The summed E-state index contributed by atoms with van der Waals surface area (Å²) in [6.45, 7) is 71.5. The molecular weight excluding hydrogens is 1680 g/mol. The first-order valence-electron chi connectivity index (χ1n) is 38.8. The van der Waals surface area contributed by atoms with E-state index >= 15 is 0 Å². The van der Waals surface area contributed by atoms with Gasteiger partial charge in [-0.3, -0.25) is 95.9 Å². The van der Waals surface area contributed by atoms with Gasteiger partial charge in [0.2, 0.25) is 0 Å². The number of rotatable bonds is 22. The molecule has 0 aliphatic carbocycles. The van der Waals surface area contributed by atoms with Crippen LogP contribution in [0, 0.1) is 0 Å². The van der Waals surface area contributed by atoms with Crippen molar-refractivity contribution in [2.45, 2.75) is 281 Å². The quantitative estimate of drug-likeness (QED) is 0.0552. The maximum atomic E-state index is 10.5. The molecule has 738 valence electrons. The largest absolute Gasteiger partial charge is 0.466 e. The van der Waals surface area contributed by atoms with Crippen molar-refractivity contribution in [3.63, 3.8) is 0 Å². The average molecular weight is 1850 g/mol. The Kier molecular flexibility index (Phi) is 208. The van der Waals surface area contributed by atoms with Crippen molar-refractivity contribution < 1.29 is 191 Å². The highest BCUT2D eigenvalue weighted by Crippen LogP contribution is 2.07. The fourth-order valence-electron chi connectivity index (χ4n) is 4.21. The summed E-state index contributed by atoms with van der Waals surface area (Å²) in [5, 5.41) is 0. The van der Waals surface area contributed by atoms with Gasteiger partial charge in [-0.2, -0.15) is 0 Å². The van der Waals surface area contributed by atoms with E-state index in [-0.39, 0.29) is 126 Å². The molecule has 0 amide bonds. The lowest BCUT2D eigenvalue weighted by Gasteiger charge is -1.99. The summed E-state index contributed by atoms with van der Waals surface area (Å²) in [4.78, 5) is 196. The van der Waals surface area contributed by atoms with E-state index in [0.29, 0.717) is 132 Å². The van der Waals surface area contributed by atoms with Crippen LogP contribution in [-0.2, 0) is 191 Å². The molecule has 0 fully saturated rings. The summed E-state index contributed by atoms with van der Waals surface area (Å²) in [6.07, 6.45) is 0.0664. The first-order valence-corrected chi connectivity index (χ1v) is 39.7. The molecule has 0 aromatic carbocycles. The average Bonchev–Trinajstić information content (AvgIpc) is 1.04. The normalized spacial score (nSPS) is 7.82. The molecule has 0 heterocycles. The van der Waals surface area contributed by atoms with Crippen molar-refractivity contribution in [3.05, 3.63) is 0 Å². The van der Waals surface area contributed by atoms with E-state index in [2.05, 4.69) is 94.7 Å². The maximum absolute atomic E-state index is 10.5. The van der Waals surface area contributed by atoms with E-state index in [1.54, 1.807) is 138 Å². The number of carbonyl (C=O) groups excluding carboxylic acids is 20. The maximum Gasteiger partial charge on any atom is 0.308 e. The monoisotopic (exact) mass is 1840 g/mol. The summed E-state index contributed by atoms with van der Waals surface area (Å²) < 4.78 is 88.2. The van der Waals surface area contributed by atoms with Crippen molar-refractivity contribution in [1.82, 2.24) is 0 Å². The fourth-order valence-corrected chi connectivity index (χ4v) is 4.46. The highest BCUT2D eigenvalue weighted by molar-refractivity contribution is 6.45. The summed E-state index contributed by atoms with van der Waals surface area (Å²) in [7, 11) is 0. The lowest BCUT2D eigenvalue weighted by Crippen LogP contribution is -2.07. The van der Waals surface area contributed by atoms with Gasteiger partial charge in [-0.1, -0.05) is 0 Å². The summed E-state index contributed by atoms with van der Waals surface area (Å²) in [5.41, 5.74) is 0. The zero-order chi connectivity index (χ0) is 102.